The van der Waals surface area contributed by atoms with Crippen LogP contribution in [0.1, 0.15) is 65.2 Å². The van der Waals surface area contributed by atoms with Gasteiger partial charge in [-0.25, -0.2) is 0 Å². The Bertz CT molecular complexity index is 408. The maximum Gasteiger partial charge on any atom is 0.0577 e. The van der Waals surface area contributed by atoms with Gasteiger partial charge in [0.25, 0.3) is 0 Å². The molecule has 7 unspecified atom stereocenters. The molecule has 2 heteroatoms. The van der Waals surface area contributed by atoms with Crippen LogP contribution in [0.3, 0.4) is 0 Å². The second-order valence-electron chi connectivity index (χ2n) is 8.97. The summed E-state index contributed by atoms with van der Waals surface area (Å²) in [6.45, 7) is 4.89. The molecular weight excluding hydrogens is 248 g/mol. The van der Waals surface area contributed by atoms with Crippen LogP contribution in [0.25, 0.3) is 0 Å². The van der Waals surface area contributed by atoms with Gasteiger partial charge >= 0.3 is 0 Å². The lowest BCUT2D eigenvalue weighted by molar-refractivity contribution is -0.125. The predicted molar refractivity (Wildman–Crippen MR) is 79.1 cm³/mol. The minimum absolute atomic E-state index is 0.165. The molecule has 4 aliphatic carbocycles. The Labute approximate surface area is 123 Å². The van der Waals surface area contributed by atoms with Gasteiger partial charge in [-0.1, -0.05) is 20.3 Å². The van der Waals surface area contributed by atoms with Gasteiger partial charge in [0.15, 0.2) is 0 Å². The quantitative estimate of drug-likeness (QED) is 0.713. The first kappa shape index (κ1) is 13.6. The summed E-state index contributed by atoms with van der Waals surface area (Å²) in [5, 5.41) is 20.9. The van der Waals surface area contributed by atoms with Crippen molar-refractivity contribution >= 4 is 0 Å². The Hall–Kier alpha value is -0.0800. The third-order valence-corrected chi connectivity index (χ3v) is 8.09. The van der Waals surface area contributed by atoms with Crippen molar-refractivity contribution < 1.29 is 10.2 Å². The van der Waals surface area contributed by atoms with Crippen LogP contribution in [0.5, 0.6) is 0 Å². The maximum atomic E-state index is 10.7. The Morgan fingerprint density at radius 2 is 1.70 bits per heavy atom. The summed E-state index contributed by atoms with van der Waals surface area (Å²) in [4.78, 5) is 0. The van der Waals surface area contributed by atoms with Crippen molar-refractivity contribution in [3.05, 3.63) is 0 Å². The van der Waals surface area contributed by atoms with E-state index >= 15 is 0 Å². The number of rotatable bonds is 0. The molecule has 20 heavy (non-hydrogen) atoms. The smallest absolute Gasteiger partial charge is 0.0577 e. The van der Waals surface area contributed by atoms with E-state index in [2.05, 4.69) is 13.8 Å². The zero-order chi connectivity index (χ0) is 14.1. The Balaban J connectivity index is 1.69. The molecule has 0 aromatic rings. The first-order chi connectivity index (χ1) is 9.44. The average Bonchev–Trinajstić information content (AvgIpc) is 2.90. The first-order valence-electron chi connectivity index (χ1n) is 8.80. The van der Waals surface area contributed by atoms with Gasteiger partial charge < -0.3 is 10.2 Å². The molecule has 8 atom stereocenters. The number of aliphatic hydroxyl groups excluding tert-OH is 2. The second kappa shape index (κ2) is 4.23. The summed E-state index contributed by atoms with van der Waals surface area (Å²) in [5.74, 6) is 2.66. The number of hydrogen-bond acceptors (Lipinski definition) is 2. The molecule has 0 spiro atoms. The van der Waals surface area contributed by atoms with Crippen LogP contribution < -0.4 is 0 Å². The van der Waals surface area contributed by atoms with E-state index in [0.717, 1.165) is 37.0 Å². The van der Waals surface area contributed by atoms with Gasteiger partial charge in [-0.2, -0.15) is 0 Å². The summed E-state index contributed by atoms with van der Waals surface area (Å²) < 4.78 is 0. The zero-order valence-corrected chi connectivity index (χ0v) is 13.0. The summed E-state index contributed by atoms with van der Waals surface area (Å²) in [6, 6.07) is 0. The van der Waals surface area contributed by atoms with Gasteiger partial charge in [0.05, 0.1) is 12.2 Å². The molecule has 0 aromatic carbocycles. The third kappa shape index (κ3) is 1.64. The number of fused-ring (bicyclic) bond motifs is 5. The van der Waals surface area contributed by atoms with Crippen molar-refractivity contribution in [3.63, 3.8) is 0 Å². The van der Waals surface area contributed by atoms with Gasteiger partial charge in [-0.3, -0.25) is 0 Å². The highest BCUT2D eigenvalue weighted by atomic mass is 16.3. The largest absolute Gasteiger partial charge is 0.393 e. The standard InChI is InChI=1S/C18H30O2/c1-17-6-3-4-13(17)12-9-16(20)15-8-11(19)10-18(15,2)14(12)5-7-17/h11-16,19-20H,3-10H2,1-2H3/t11?,12?,13?,14?,15?,16-,17?,18?/m1/s1. The SMILES string of the molecule is CC12CCCC1C1C[C@@H](O)C3CC(O)CC3(C)C1CC2. The highest BCUT2D eigenvalue weighted by Gasteiger charge is 2.61. The first-order valence-corrected chi connectivity index (χ1v) is 8.80. The van der Waals surface area contributed by atoms with Crippen LogP contribution >= 0.6 is 0 Å². The lowest BCUT2D eigenvalue weighted by Gasteiger charge is -2.58. The van der Waals surface area contributed by atoms with Gasteiger partial charge in [0, 0.05) is 0 Å². The lowest BCUT2D eigenvalue weighted by Crippen LogP contribution is -2.53. The Morgan fingerprint density at radius 3 is 2.50 bits per heavy atom. The molecular formula is C18H30O2. The number of hydrogen-bond donors (Lipinski definition) is 2. The molecule has 2 N–H and O–H groups in total. The van der Waals surface area contributed by atoms with Gasteiger partial charge in [0.2, 0.25) is 0 Å². The molecule has 0 radical (unpaired) electrons. The number of aliphatic hydroxyl groups is 2. The fourth-order valence-electron chi connectivity index (χ4n) is 7.20. The van der Waals surface area contributed by atoms with E-state index in [1.165, 1.54) is 32.1 Å². The van der Waals surface area contributed by atoms with Crippen LogP contribution in [0.4, 0.5) is 0 Å². The van der Waals surface area contributed by atoms with E-state index < -0.39 is 0 Å². The van der Waals surface area contributed by atoms with Crippen LogP contribution in [0.2, 0.25) is 0 Å². The van der Waals surface area contributed by atoms with Crippen LogP contribution in [0.15, 0.2) is 0 Å². The van der Waals surface area contributed by atoms with E-state index in [-0.39, 0.29) is 17.6 Å². The normalized spacial score (nSPS) is 61.8. The molecule has 4 rings (SSSR count). The van der Waals surface area contributed by atoms with Crippen molar-refractivity contribution in [2.24, 2.45) is 34.5 Å². The topological polar surface area (TPSA) is 40.5 Å². The van der Waals surface area contributed by atoms with Crippen molar-refractivity contribution in [3.8, 4) is 0 Å². The Kier molecular flexibility index (Phi) is 2.87. The molecule has 0 amide bonds. The molecule has 0 aromatic heterocycles. The molecule has 114 valence electrons. The van der Waals surface area contributed by atoms with E-state index in [9.17, 15) is 10.2 Å². The van der Waals surface area contributed by atoms with Gasteiger partial charge in [-0.05, 0) is 79.4 Å². The zero-order valence-electron chi connectivity index (χ0n) is 13.0. The average molecular weight is 278 g/mol. The van der Waals surface area contributed by atoms with E-state index in [4.69, 9.17) is 0 Å². The fourth-order valence-corrected chi connectivity index (χ4v) is 7.20. The highest BCUT2D eigenvalue weighted by molar-refractivity contribution is 5.10. The van der Waals surface area contributed by atoms with Crippen molar-refractivity contribution in [1.82, 2.24) is 0 Å². The lowest BCUT2D eigenvalue weighted by atomic mass is 9.48. The van der Waals surface area contributed by atoms with Crippen molar-refractivity contribution in [1.29, 1.82) is 0 Å². The monoisotopic (exact) mass is 278 g/mol. The predicted octanol–water partition coefficient (Wildman–Crippen LogP) is 3.36. The summed E-state index contributed by atoms with van der Waals surface area (Å²) in [6.07, 6.45) is 9.34. The third-order valence-electron chi connectivity index (χ3n) is 8.09. The minimum Gasteiger partial charge on any atom is -0.393 e. The Morgan fingerprint density at radius 1 is 0.900 bits per heavy atom. The molecule has 0 heterocycles. The van der Waals surface area contributed by atoms with Gasteiger partial charge in [0.1, 0.15) is 0 Å². The van der Waals surface area contributed by atoms with E-state index in [1.807, 2.05) is 0 Å². The minimum atomic E-state index is -0.171. The molecule has 0 saturated heterocycles. The highest BCUT2D eigenvalue weighted by Crippen LogP contribution is 2.66. The van der Waals surface area contributed by atoms with Gasteiger partial charge in [-0.15, -0.1) is 0 Å². The van der Waals surface area contributed by atoms with Crippen molar-refractivity contribution in [2.45, 2.75) is 77.4 Å². The van der Waals surface area contributed by atoms with Crippen LogP contribution in [-0.4, -0.2) is 22.4 Å². The molecule has 4 aliphatic rings. The van der Waals surface area contributed by atoms with E-state index in [0.29, 0.717) is 11.3 Å². The van der Waals surface area contributed by atoms with E-state index in [1.54, 1.807) is 0 Å². The molecule has 0 bridgehead atoms. The molecule has 4 saturated carbocycles. The molecule has 0 aliphatic heterocycles. The summed E-state index contributed by atoms with van der Waals surface area (Å²) >= 11 is 0. The second-order valence-corrected chi connectivity index (χ2v) is 8.97. The fraction of sp³-hybridized carbons (Fsp3) is 1.00. The van der Waals surface area contributed by atoms with Crippen LogP contribution in [-0.2, 0) is 0 Å². The van der Waals surface area contributed by atoms with Crippen LogP contribution in [0, 0.1) is 34.5 Å². The summed E-state index contributed by atoms with van der Waals surface area (Å²) in [7, 11) is 0. The van der Waals surface area contributed by atoms with Crippen molar-refractivity contribution in [2.75, 3.05) is 0 Å². The maximum absolute atomic E-state index is 10.7. The summed E-state index contributed by atoms with van der Waals surface area (Å²) in [5.41, 5.74) is 0.757. The molecule has 2 nitrogen and oxygen atoms in total. The molecule has 4 fully saturated rings.